The van der Waals surface area contributed by atoms with Gasteiger partial charge in [0.2, 0.25) is 17.7 Å². The minimum atomic E-state index is -0.815. The molecule has 1 aliphatic heterocycles. The first-order valence-corrected chi connectivity index (χ1v) is 16.9. The molecule has 1 saturated heterocycles. The maximum Gasteiger partial charge on any atom is 0.257 e. The van der Waals surface area contributed by atoms with Crippen molar-refractivity contribution in [1.29, 1.82) is 0 Å². The van der Waals surface area contributed by atoms with E-state index in [4.69, 9.17) is 4.74 Å². The number of rotatable bonds is 15. The second-order valence-corrected chi connectivity index (χ2v) is 14.6. The van der Waals surface area contributed by atoms with E-state index >= 15 is 0 Å². The molecule has 4 aromatic rings. The highest BCUT2D eigenvalue weighted by Gasteiger charge is 2.34. The number of fused-ring (bicyclic) bond motifs is 3. The summed E-state index contributed by atoms with van der Waals surface area (Å²) in [7, 11) is 1.50. The maximum absolute atomic E-state index is 13.6. The van der Waals surface area contributed by atoms with E-state index in [-0.39, 0.29) is 46.6 Å². The van der Waals surface area contributed by atoms with Gasteiger partial charge in [-0.25, -0.2) is 0 Å². The minimum absolute atomic E-state index is 0.0188. The Labute approximate surface area is 291 Å². The number of hydrogen-bond donors (Lipinski definition) is 4. The number of carbonyl (C=O) groups excluding carboxylic acids is 5. The van der Waals surface area contributed by atoms with E-state index in [0.29, 0.717) is 51.1 Å². The van der Waals surface area contributed by atoms with Crippen molar-refractivity contribution in [2.75, 3.05) is 38.7 Å². The summed E-state index contributed by atoms with van der Waals surface area (Å²) in [6.45, 7) is 9.84. The molecular formula is C38H46N6O6. The fourth-order valence-corrected chi connectivity index (χ4v) is 6.10. The molecule has 0 radical (unpaired) electrons. The number of aryl methyl sites for hydroxylation is 1. The number of aromatic amines is 1. The molecule has 0 bridgehead atoms. The second-order valence-electron chi connectivity index (χ2n) is 14.6. The monoisotopic (exact) mass is 682 g/mol. The van der Waals surface area contributed by atoms with Crippen molar-refractivity contribution in [1.82, 2.24) is 25.5 Å². The lowest BCUT2D eigenvalue weighted by molar-refractivity contribution is -0.136. The number of benzene rings is 2. The van der Waals surface area contributed by atoms with Crippen LogP contribution in [0.3, 0.4) is 0 Å². The van der Waals surface area contributed by atoms with Gasteiger partial charge in [-0.05, 0) is 36.6 Å². The first-order valence-electron chi connectivity index (χ1n) is 16.9. The van der Waals surface area contributed by atoms with Gasteiger partial charge >= 0.3 is 0 Å². The number of nitrogens with zero attached hydrogens (tertiary/aromatic N) is 2. The highest BCUT2D eigenvalue weighted by atomic mass is 16.5. The van der Waals surface area contributed by atoms with E-state index in [1.54, 1.807) is 24.4 Å². The fraction of sp³-hybridized carbons (Fsp3) is 0.421. The average Bonchev–Trinajstić information content (AvgIpc) is 3.46. The van der Waals surface area contributed by atoms with E-state index in [0.717, 1.165) is 27.4 Å². The van der Waals surface area contributed by atoms with Crippen LogP contribution in [0.2, 0.25) is 0 Å². The summed E-state index contributed by atoms with van der Waals surface area (Å²) in [6, 6.07) is 12.3. The van der Waals surface area contributed by atoms with Crippen molar-refractivity contribution in [3.63, 3.8) is 0 Å². The van der Waals surface area contributed by atoms with Crippen LogP contribution >= 0.6 is 0 Å². The average molecular weight is 683 g/mol. The van der Waals surface area contributed by atoms with Crippen LogP contribution in [-0.4, -0.2) is 84.2 Å². The lowest BCUT2D eigenvalue weighted by atomic mass is 9.92. The molecule has 1 unspecified atom stereocenters. The number of piperidine rings is 1. The van der Waals surface area contributed by atoms with E-state index in [1.807, 2.05) is 40.0 Å². The lowest BCUT2D eigenvalue weighted by Crippen LogP contribution is -2.53. The van der Waals surface area contributed by atoms with E-state index in [1.165, 1.54) is 11.9 Å². The molecule has 1 atom stereocenters. The Morgan fingerprint density at radius 3 is 2.52 bits per heavy atom. The molecule has 3 heterocycles. The second kappa shape index (κ2) is 15.2. The first-order chi connectivity index (χ1) is 23.8. The van der Waals surface area contributed by atoms with Gasteiger partial charge in [0.25, 0.3) is 5.91 Å². The SMILES string of the molecule is CN(C(=O)c1c(C=O)cccc1NCC(C)(C)COCC(C)(C)CNC(=O)CCc1ccc2c(c1)[nH]c1ccncc12)C1CCC(=O)NC1=O. The standard InChI is InChI=1S/C38H46N6O6/c1-37(2,20-40-29-8-6-7-25(19-45)34(29)36(49)44(5)31-12-14-33(47)43-35(31)48)22-50-23-38(3,4)21-41-32(46)13-10-24-9-11-26-27-18-39-16-15-28(27)42-30(26)17-24/h6-9,11,15-19,31,40,42H,10,12-14,20-23H2,1-5H3,(H,41,46)(H,43,47,48). The number of likely N-dealkylation sites (N-methyl/N-ethyl adjacent to an activating group) is 1. The van der Waals surface area contributed by atoms with Crippen molar-refractivity contribution < 1.29 is 28.7 Å². The molecule has 5 rings (SSSR count). The minimum Gasteiger partial charge on any atom is -0.384 e. The van der Waals surface area contributed by atoms with Crippen molar-refractivity contribution in [2.24, 2.45) is 10.8 Å². The van der Waals surface area contributed by atoms with Crippen LogP contribution in [0.5, 0.6) is 0 Å². The molecule has 1 fully saturated rings. The Bertz CT molecular complexity index is 1910. The molecule has 0 saturated carbocycles. The Balaban J connectivity index is 1.09. The lowest BCUT2D eigenvalue weighted by Gasteiger charge is -2.31. The number of hydrogen-bond acceptors (Lipinski definition) is 8. The number of ether oxygens (including phenoxy) is 1. The zero-order valence-corrected chi connectivity index (χ0v) is 29.4. The van der Waals surface area contributed by atoms with Gasteiger partial charge < -0.3 is 25.3 Å². The highest BCUT2D eigenvalue weighted by Crippen LogP contribution is 2.27. The van der Waals surface area contributed by atoms with E-state index < -0.39 is 17.9 Å². The zero-order chi connectivity index (χ0) is 36.1. The molecule has 4 N–H and O–H groups in total. The third kappa shape index (κ3) is 8.73. The van der Waals surface area contributed by atoms with Crippen LogP contribution in [0.1, 0.15) is 73.2 Å². The number of aromatic nitrogens is 2. The molecule has 2 aromatic carbocycles. The molecule has 12 nitrogen and oxygen atoms in total. The molecule has 50 heavy (non-hydrogen) atoms. The van der Waals surface area contributed by atoms with Crippen molar-refractivity contribution in [2.45, 2.75) is 59.4 Å². The molecular weight excluding hydrogens is 636 g/mol. The van der Waals surface area contributed by atoms with Gasteiger partial charge in [-0.15, -0.1) is 0 Å². The summed E-state index contributed by atoms with van der Waals surface area (Å²) >= 11 is 0. The quantitative estimate of drug-likeness (QED) is 0.104. The van der Waals surface area contributed by atoms with Crippen molar-refractivity contribution >= 4 is 57.4 Å². The topological polar surface area (TPSA) is 163 Å². The molecule has 4 amide bonds. The molecule has 12 heteroatoms. The van der Waals surface area contributed by atoms with Gasteiger partial charge in [-0.2, -0.15) is 0 Å². The fourth-order valence-electron chi connectivity index (χ4n) is 6.10. The number of anilines is 1. The Hall–Kier alpha value is -5.10. The van der Waals surface area contributed by atoms with Crippen LogP contribution in [0.25, 0.3) is 21.8 Å². The van der Waals surface area contributed by atoms with Gasteiger partial charge in [-0.3, -0.25) is 34.3 Å². The third-order valence-electron chi connectivity index (χ3n) is 9.05. The van der Waals surface area contributed by atoms with Crippen molar-refractivity contribution in [3.05, 3.63) is 71.5 Å². The predicted molar refractivity (Wildman–Crippen MR) is 192 cm³/mol. The maximum atomic E-state index is 13.6. The van der Waals surface area contributed by atoms with Crippen LogP contribution in [0.4, 0.5) is 5.69 Å². The zero-order valence-electron chi connectivity index (χ0n) is 29.4. The molecule has 0 aliphatic carbocycles. The van der Waals surface area contributed by atoms with E-state index in [2.05, 4.69) is 44.1 Å². The normalized spacial score (nSPS) is 15.2. The Kier molecular flexibility index (Phi) is 11.0. The highest BCUT2D eigenvalue weighted by molar-refractivity contribution is 6.09. The Morgan fingerprint density at radius 2 is 1.78 bits per heavy atom. The Morgan fingerprint density at radius 1 is 1.02 bits per heavy atom. The third-order valence-corrected chi connectivity index (χ3v) is 9.05. The summed E-state index contributed by atoms with van der Waals surface area (Å²) in [5.41, 5.74) is 3.31. The molecule has 264 valence electrons. The smallest absolute Gasteiger partial charge is 0.257 e. The molecule has 0 spiro atoms. The summed E-state index contributed by atoms with van der Waals surface area (Å²) in [4.78, 5) is 71.2. The number of carbonyl (C=O) groups is 5. The van der Waals surface area contributed by atoms with Crippen LogP contribution in [0, 0.1) is 10.8 Å². The number of aldehydes is 1. The number of pyridine rings is 1. The predicted octanol–water partition coefficient (Wildman–Crippen LogP) is 4.64. The van der Waals surface area contributed by atoms with Gasteiger partial charge in [0, 0.05) is 89.3 Å². The van der Waals surface area contributed by atoms with Gasteiger partial charge in [0.05, 0.1) is 18.8 Å². The summed E-state index contributed by atoms with van der Waals surface area (Å²) in [5, 5.41) is 10.8. The largest absolute Gasteiger partial charge is 0.384 e. The van der Waals surface area contributed by atoms with Crippen LogP contribution in [-0.2, 0) is 25.5 Å². The summed E-state index contributed by atoms with van der Waals surface area (Å²) < 4.78 is 6.14. The number of H-pyrrole nitrogens is 1. The van der Waals surface area contributed by atoms with Gasteiger partial charge in [0.1, 0.15) is 6.04 Å². The summed E-state index contributed by atoms with van der Waals surface area (Å²) in [6.07, 6.45) is 5.59. The summed E-state index contributed by atoms with van der Waals surface area (Å²) in [5.74, 6) is -1.41. The molecule has 2 aromatic heterocycles. The number of nitrogens with one attached hydrogen (secondary N) is 4. The molecule has 1 aliphatic rings. The van der Waals surface area contributed by atoms with Gasteiger partial charge in [0.15, 0.2) is 6.29 Å². The van der Waals surface area contributed by atoms with E-state index in [9.17, 15) is 24.0 Å². The van der Waals surface area contributed by atoms with Gasteiger partial charge in [-0.1, -0.05) is 52.0 Å². The van der Waals surface area contributed by atoms with Crippen LogP contribution < -0.4 is 16.0 Å². The number of imide groups is 1. The van der Waals surface area contributed by atoms with Crippen LogP contribution in [0.15, 0.2) is 54.9 Å². The van der Waals surface area contributed by atoms with Crippen molar-refractivity contribution in [3.8, 4) is 0 Å². The first kappa shape index (κ1) is 36.2. The number of amides is 4.